The van der Waals surface area contributed by atoms with Gasteiger partial charge in [0.2, 0.25) is 0 Å². The largest absolute Gasteiger partial charge is 0.412 e. The molecular formula is C11H22N2O7S. The van der Waals surface area contributed by atoms with Gasteiger partial charge in [-0.1, -0.05) is 18.2 Å². The molecule has 21 heavy (non-hydrogen) atoms. The summed E-state index contributed by atoms with van der Waals surface area (Å²) < 4.78 is 36.9. The molecule has 1 aliphatic rings. The predicted molar refractivity (Wildman–Crippen MR) is 78.4 cm³/mol. The van der Waals surface area contributed by atoms with Crippen molar-refractivity contribution in [2.75, 3.05) is 32.0 Å². The van der Waals surface area contributed by atoms with Crippen LogP contribution >= 0.6 is 0 Å². The molecule has 0 aromatic heterocycles. The van der Waals surface area contributed by atoms with Crippen molar-refractivity contribution in [3.63, 3.8) is 0 Å². The molecule has 0 spiro atoms. The maximum atomic E-state index is 8.74. The molecule has 124 valence electrons. The Balaban J connectivity index is 0. The average molecular weight is 326 g/mol. The second-order valence-corrected chi connectivity index (χ2v) is 4.93. The number of anilines is 1. The van der Waals surface area contributed by atoms with Crippen LogP contribution < -0.4 is 5.73 Å². The van der Waals surface area contributed by atoms with Crippen molar-refractivity contribution in [2.24, 2.45) is 0 Å². The molecule has 1 aromatic rings. The van der Waals surface area contributed by atoms with Crippen LogP contribution in [0.1, 0.15) is 5.56 Å². The molecule has 0 atom stereocenters. The molecule has 1 fully saturated rings. The van der Waals surface area contributed by atoms with Gasteiger partial charge in [0.05, 0.1) is 13.2 Å². The maximum Gasteiger partial charge on any atom is 0.394 e. The van der Waals surface area contributed by atoms with Gasteiger partial charge in [0.25, 0.3) is 0 Å². The number of nitrogens with zero attached hydrogens (tertiary/aromatic N) is 1. The van der Waals surface area contributed by atoms with E-state index >= 15 is 0 Å². The fourth-order valence-electron chi connectivity index (χ4n) is 1.68. The first kappa shape index (κ1) is 22.0. The van der Waals surface area contributed by atoms with Gasteiger partial charge in [0.1, 0.15) is 0 Å². The topological polar surface area (TPSA) is 176 Å². The molecule has 2 rings (SSSR count). The van der Waals surface area contributed by atoms with Crippen LogP contribution in [0.25, 0.3) is 0 Å². The van der Waals surface area contributed by atoms with E-state index in [9.17, 15) is 0 Å². The van der Waals surface area contributed by atoms with Gasteiger partial charge in [-0.25, -0.2) is 0 Å². The molecule has 9 nitrogen and oxygen atoms in total. The zero-order valence-electron chi connectivity index (χ0n) is 11.4. The summed E-state index contributed by atoms with van der Waals surface area (Å²) in [5.74, 6) is 0. The molecule has 0 amide bonds. The fourth-order valence-corrected chi connectivity index (χ4v) is 1.68. The monoisotopic (exact) mass is 326 g/mol. The van der Waals surface area contributed by atoms with Gasteiger partial charge in [-0.2, -0.15) is 8.42 Å². The van der Waals surface area contributed by atoms with E-state index in [1.807, 2.05) is 18.2 Å². The van der Waals surface area contributed by atoms with E-state index in [1.54, 1.807) is 0 Å². The lowest BCUT2D eigenvalue weighted by Gasteiger charge is -2.26. The molecule has 1 aromatic carbocycles. The van der Waals surface area contributed by atoms with Crippen LogP contribution in [-0.4, -0.2) is 59.7 Å². The van der Waals surface area contributed by atoms with Gasteiger partial charge in [-0.05, 0) is 11.6 Å². The number of rotatable bonds is 2. The predicted octanol–water partition coefficient (Wildman–Crippen LogP) is -1.20. The summed E-state index contributed by atoms with van der Waals surface area (Å²) in [6, 6.07) is 8.05. The van der Waals surface area contributed by atoms with Crippen LogP contribution in [0.3, 0.4) is 0 Å². The number of nitrogen functional groups attached to an aromatic ring is 1. The Labute approximate surface area is 123 Å². The number of morpholine rings is 1. The Morgan fingerprint density at radius 1 is 1.14 bits per heavy atom. The van der Waals surface area contributed by atoms with Crippen molar-refractivity contribution in [2.45, 2.75) is 6.54 Å². The SMILES string of the molecule is Nc1ccccc1CN1CCOCC1.O.O.O=S(=O)(O)O. The van der Waals surface area contributed by atoms with Crippen molar-refractivity contribution in [3.05, 3.63) is 29.8 Å². The molecule has 0 aliphatic carbocycles. The first-order valence-electron chi connectivity index (χ1n) is 5.69. The van der Waals surface area contributed by atoms with Crippen molar-refractivity contribution < 1.29 is 33.2 Å². The van der Waals surface area contributed by atoms with Crippen LogP contribution in [0, 0.1) is 0 Å². The highest BCUT2D eigenvalue weighted by molar-refractivity contribution is 7.79. The Hall–Kier alpha value is -1.27. The van der Waals surface area contributed by atoms with Gasteiger partial charge in [-0.3, -0.25) is 14.0 Å². The summed E-state index contributed by atoms with van der Waals surface area (Å²) in [5.41, 5.74) is 7.98. The van der Waals surface area contributed by atoms with E-state index < -0.39 is 10.4 Å². The Kier molecular flexibility index (Phi) is 11.0. The van der Waals surface area contributed by atoms with E-state index in [2.05, 4.69) is 11.0 Å². The highest BCUT2D eigenvalue weighted by atomic mass is 32.3. The van der Waals surface area contributed by atoms with Crippen molar-refractivity contribution in [1.29, 1.82) is 0 Å². The van der Waals surface area contributed by atoms with Gasteiger partial charge >= 0.3 is 10.4 Å². The normalized spacial score (nSPS) is 15.0. The summed E-state index contributed by atoms with van der Waals surface area (Å²) in [4.78, 5) is 2.37. The lowest BCUT2D eigenvalue weighted by Crippen LogP contribution is -2.35. The number of hydrogen-bond acceptors (Lipinski definition) is 5. The first-order valence-corrected chi connectivity index (χ1v) is 7.09. The molecule has 10 heteroatoms. The number of para-hydroxylation sites is 1. The van der Waals surface area contributed by atoms with Crippen LogP contribution in [0.15, 0.2) is 24.3 Å². The lowest BCUT2D eigenvalue weighted by molar-refractivity contribution is 0.0343. The third-order valence-electron chi connectivity index (χ3n) is 2.55. The second kappa shape index (κ2) is 10.5. The summed E-state index contributed by atoms with van der Waals surface area (Å²) in [7, 11) is -4.67. The van der Waals surface area contributed by atoms with Crippen molar-refractivity contribution >= 4 is 16.1 Å². The number of benzene rings is 1. The molecule has 1 saturated heterocycles. The van der Waals surface area contributed by atoms with Gasteiger partial charge in [0.15, 0.2) is 0 Å². The average Bonchev–Trinajstić information content (AvgIpc) is 2.31. The Morgan fingerprint density at radius 3 is 2.10 bits per heavy atom. The Bertz CT molecular complexity index is 481. The van der Waals surface area contributed by atoms with Gasteiger partial charge in [-0.15, -0.1) is 0 Å². The van der Waals surface area contributed by atoms with Crippen molar-refractivity contribution in [3.8, 4) is 0 Å². The van der Waals surface area contributed by atoms with Crippen LogP contribution in [0.4, 0.5) is 5.69 Å². The molecule has 0 bridgehead atoms. The van der Waals surface area contributed by atoms with E-state index in [4.69, 9.17) is 28.0 Å². The zero-order valence-corrected chi connectivity index (χ0v) is 12.2. The molecule has 0 unspecified atom stereocenters. The number of hydrogen-bond donors (Lipinski definition) is 3. The van der Waals surface area contributed by atoms with Gasteiger partial charge < -0.3 is 21.4 Å². The third kappa shape index (κ3) is 11.1. The molecule has 1 aliphatic heterocycles. The third-order valence-corrected chi connectivity index (χ3v) is 2.55. The summed E-state index contributed by atoms with van der Waals surface area (Å²) >= 11 is 0. The molecule has 1 heterocycles. The summed E-state index contributed by atoms with van der Waals surface area (Å²) in [6.07, 6.45) is 0. The second-order valence-electron chi connectivity index (χ2n) is 4.04. The Morgan fingerprint density at radius 2 is 1.62 bits per heavy atom. The van der Waals surface area contributed by atoms with Crippen molar-refractivity contribution in [1.82, 2.24) is 4.90 Å². The minimum absolute atomic E-state index is 0. The smallest absolute Gasteiger partial charge is 0.394 e. The number of nitrogens with two attached hydrogens (primary N) is 1. The maximum absolute atomic E-state index is 8.74. The quantitative estimate of drug-likeness (QED) is 0.451. The van der Waals surface area contributed by atoms with Crippen LogP contribution in [-0.2, 0) is 21.7 Å². The van der Waals surface area contributed by atoms with E-state index in [1.165, 1.54) is 5.56 Å². The standard InChI is InChI=1S/C11H16N2O.H2O4S.2H2O/c12-11-4-2-1-3-10(11)9-13-5-7-14-8-6-13;1-5(2,3)4;;/h1-4H,5-9,12H2;(H2,1,2,3,4);2*1H2. The highest BCUT2D eigenvalue weighted by Crippen LogP contribution is 2.13. The highest BCUT2D eigenvalue weighted by Gasteiger charge is 2.11. The number of ether oxygens (including phenoxy) is 1. The summed E-state index contributed by atoms with van der Waals surface area (Å²) in [6.45, 7) is 4.64. The molecular weight excluding hydrogens is 304 g/mol. The minimum atomic E-state index is -4.67. The van der Waals surface area contributed by atoms with Crippen LogP contribution in [0.5, 0.6) is 0 Å². The molecule has 0 saturated carbocycles. The fraction of sp³-hybridized carbons (Fsp3) is 0.455. The van der Waals surface area contributed by atoms with E-state index in [-0.39, 0.29) is 11.0 Å². The zero-order chi connectivity index (χ0) is 14.3. The molecule has 8 N–H and O–H groups in total. The lowest BCUT2D eigenvalue weighted by atomic mass is 10.1. The summed E-state index contributed by atoms with van der Waals surface area (Å²) in [5, 5.41) is 0. The van der Waals surface area contributed by atoms with Crippen LogP contribution in [0.2, 0.25) is 0 Å². The minimum Gasteiger partial charge on any atom is -0.412 e. The van der Waals surface area contributed by atoms with Gasteiger partial charge in [0, 0.05) is 25.3 Å². The first-order chi connectivity index (χ1) is 8.86. The van der Waals surface area contributed by atoms with E-state index in [0.717, 1.165) is 38.5 Å². The van der Waals surface area contributed by atoms with E-state index in [0.29, 0.717) is 0 Å². The molecule has 0 radical (unpaired) electrons.